The van der Waals surface area contributed by atoms with Gasteiger partial charge in [-0.15, -0.1) is 0 Å². The predicted molar refractivity (Wildman–Crippen MR) is 73.0 cm³/mol. The van der Waals surface area contributed by atoms with Crippen LogP contribution >= 0.6 is 0 Å². The normalized spacial score (nSPS) is 10.2. The molecule has 21 heavy (non-hydrogen) atoms. The van der Waals surface area contributed by atoms with Crippen molar-refractivity contribution in [1.29, 1.82) is 0 Å². The first kappa shape index (κ1) is 18.6. The number of carbonyl (C=O) groups is 3. The smallest absolute Gasteiger partial charge is 0.336 e. The fourth-order valence-corrected chi connectivity index (χ4v) is 1.38. The van der Waals surface area contributed by atoms with Gasteiger partial charge in [0.15, 0.2) is 5.60 Å². The van der Waals surface area contributed by atoms with Gasteiger partial charge >= 0.3 is 17.9 Å². The van der Waals surface area contributed by atoms with Crippen molar-refractivity contribution in [2.75, 3.05) is 0 Å². The fraction of sp³-hybridized carbons (Fsp3) is 0.357. The van der Waals surface area contributed by atoms with Crippen LogP contribution in [0.4, 0.5) is 0 Å². The lowest BCUT2D eigenvalue weighted by Crippen LogP contribution is -2.42. The quantitative estimate of drug-likeness (QED) is 0.638. The molecule has 0 radical (unpaired) electrons. The van der Waals surface area contributed by atoms with Crippen LogP contribution in [0.2, 0.25) is 0 Å². The number of hydrogen-bond acceptors (Lipinski definition) is 4. The van der Waals surface area contributed by atoms with Crippen molar-refractivity contribution >= 4 is 17.9 Å². The summed E-state index contributed by atoms with van der Waals surface area (Å²) in [5, 5.41) is 33.8. The highest BCUT2D eigenvalue weighted by atomic mass is 16.4. The molecule has 4 N–H and O–H groups in total. The number of benzene rings is 1. The summed E-state index contributed by atoms with van der Waals surface area (Å²) in [5.74, 6) is -5.02. The Morgan fingerprint density at radius 1 is 0.905 bits per heavy atom. The summed E-state index contributed by atoms with van der Waals surface area (Å²) in [5.41, 5.74) is -0.00231. The molecule has 0 saturated carbocycles. The van der Waals surface area contributed by atoms with Crippen molar-refractivity contribution in [3.05, 3.63) is 35.4 Å². The zero-order valence-corrected chi connectivity index (χ0v) is 11.7. The summed E-state index contributed by atoms with van der Waals surface area (Å²) >= 11 is 0. The summed E-state index contributed by atoms with van der Waals surface area (Å²) in [7, 11) is 0. The van der Waals surface area contributed by atoms with Gasteiger partial charge in [0.1, 0.15) is 0 Å². The number of carboxylic acid groups (broad SMARTS) is 3. The second-order valence-corrected chi connectivity index (χ2v) is 4.56. The molecule has 0 amide bonds. The summed E-state index contributed by atoms with van der Waals surface area (Å²) in [6.07, 6.45) is -2.29. The molecule has 7 nitrogen and oxygen atoms in total. The van der Waals surface area contributed by atoms with E-state index in [4.69, 9.17) is 20.4 Å². The van der Waals surface area contributed by atoms with E-state index in [2.05, 4.69) is 38.1 Å². The molecule has 0 fully saturated rings. The minimum Gasteiger partial charge on any atom is -0.481 e. The third kappa shape index (κ3) is 7.07. The molecule has 0 unspecified atom stereocenters. The van der Waals surface area contributed by atoms with Gasteiger partial charge in [0.2, 0.25) is 0 Å². The molecule has 0 saturated heterocycles. The highest BCUT2D eigenvalue weighted by molar-refractivity contribution is 5.88. The molecule has 1 aromatic rings. The SMILES string of the molecule is Cc1ccccc1C.O=C(O)CC(O)(CC(=O)O)C(=O)O. The lowest BCUT2D eigenvalue weighted by molar-refractivity contribution is -0.170. The molecule has 0 atom stereocenters. The van der Waals surface area contributed by atoms with E-state index in [1.807, 2.05) is 0 Å². The maximum absolute atomic E-state index is 10.3. The van der Waals surface area contributed by atoms with Gasteiger partial charge in [-0.05, 0) is 25.0 Å². The zero-order chi connectivity index (χ0) is 16.6. The van der Waals surface area contributed by atoms with Crippen molar-refractivity contribution in [2.24, 2.45) is 0 Å². The van der Waals surface area contributed by atoms with Crippen LogP contribution in [-0.2, 0) is 14.4 Å². The Bertz CT molecular complexity index is 485. The van der Waals surface area contributed by atoms with E-state index in [1.54, 1.807) is 0 Å². The first-order valence-corrected chi connectivity index (χ1v) is 6.00. The molecule has 0 aliphatic carbocycles. The number of aliphatic hydroxyl groups is 1. The first-order chi connectivity index (χ1) is 9.58. The third-order valence-corrected chi connectivity index (χ3v) is 2.71. The van der Waals surface area contributed by atoms with Crippen molar-refractivity contribution in [3.8, 4) is 0 Å². The molecule has 116 valence electrons. The average molecular weight is 298 g/mol. The van der Waals surface area contributed by atoms with Crippen molar-refractivity contribution in [3.63, 3.8) is 0 Å². The molecular formula is C14H18O7. The van der Waals surface area contributed by atoms with Crippen LogP contribution in [0.5, 0.6) is 0 Å². The summed E-state index contributed by atoms with van der Waals surface area (Å²) in [4.78, 5) is 30.5. The molecule has 0 heterocycles. The van der Waals surface area contributed by atoms with Gasteiger partial charge in [0.05, 0.1) is 12.8 Å². The largest absolute Gasteiger partial charge is 0.481 e. The van der Waals surface area contributed by atoms with Crippen LogP contribution in [-0.4, -0.2) is 43.9 Å². The Hall–Kier alpha value is -2.41. The Balaban J connectivity index is 0.000000423. The second kappa shape index (κ2) is 8.01. The minimum absolute atomic E-state index is 1.14. The van der Waals surface area contributed by atoms with E-state index in [0.717, 1.165) is 0 Å². The van der Waals surface area contributed by atoms with E-state index in [0.29, 0.717) is 0 Å². The molecule has 7 heteroatoms. The molecule has 0 aromatic heterocycles. The number of hydrogen-bond donors (Lipinski definition) is 4. The Morgan fingerprint density at radius 2 is 1.24 bits per heavy atom. The minimum atomic E-state index is -2.74. The van der Waals surface area contributed by atoms with Crippen LogP contribution in [0.25, 0.3) is 0 Å². The molecule has 1 aromatic carbocycles. The number of aliphatic carboxylic acids is 3. The predicted octanol–water partition coefficient (Wildman–Crippen LogP) is 1.05. The number of carboxylic acids is 3. The van der Waals surface area contributed by atoms with Crippen molar-refractivity contribution < 1.29 is 34.8 Å². The fourth-order valence-electron chi connectivity index (χ4n) is 1.38. The van der Waals surface area contributed by atoms with E-state index in [-0.39, 0.29) is 0 Å². The number of aryl methyl sites for hydroxylation is 2. The summed E-state index contributed by atoms with van der Waals surface area (Å²) in [6, 6.07) is 8.36. The van der Waals surface area contributed by atoms with E-state index in [1.165, 1.54) is 11.1 Å². The van der Waals surface area contributed by atoms with Crippen molar-refractivity contribution in [1.82, 2.24) is 0 Å². The van der Waals surface area contributed by atoms with Crippen LogP contribution < -0.4 is 0 Å². The molecule has 0 aliphatic heterocycles. The monoisotopic (exact) mass is 298 g/mol. The van der Waals surface area contributed by atoms with Crippen LogP contribution in [0.1, 0.15) is 24.0 Å². The van der Waals surface area contributed by atoms with Crippen LogP contribution in [0.3, 0.4) is 0 Å². The maximum atomic E-state index is 10.3. The topological polar surface area (TPSA) is 132 Å². The first-order valence-electron chi connectivity index (χ1n) is 6.00. The van der Waals surface area contributed by atoms with Crippen LogP contribution in [0, 0.1) is 13.8 Å². The standard InChI is InChI=1S/C8H10.C6H8O7/c1-7-5-3-4-6-8(7)2;7-3(8)1-6(13,5(11)12)2-4(9)10/h3-6H,1-2H3;13H,1-2H2,(H,7,8)(H,9,10)(H,11,12). The average Bonchev–Trinajstić information content (AvgIpc) is 2.31. The zero-order valence-electron chi connectivity index (χ0n) is 11.7. The Kier molecular flexibility index (Phi) is 7.09. The molecule has 0 spiro atoms. The molecule has 0 bridgehead atoms. The van der Waals surface area contributed by atoms with Gasteiger partial charge < -0.3 is 20.4 Å². The third-order valence-electron chi connectivity index (χ3n) is 2.71. The van der Waals surface area contributed by atoms with E-state index in [9.17, 15) is 14.4 Å². The molecule has 0 aliphatic rings. The van der Waals surface area contributed by atoms with Gasteiger partial charge in [-0.25, -0.2) is 4.79 Å². The number of rotatable bonds is 5. The lowest BCUT2D eigenvalue weighted by atomic mass is 9.96. The van der Waals surface area contributed by atoms with Gasteiger partial charge in [-0.3, -0.25) is 9.59 Å². The highest BCUT2D eigenvalue weighted by Gasteiger charge is 2.40. The van der Waals surface area contributed by atoms with Gasteiger partial charge in [0, 0.05) is 0 Å². The Labute approximate surface area is 121 Å². The molecule has 1 rings (SSSR count). The molecular weight excluding hydrogens is 280 g/mol. The second-order valence-electron chi connectivity index (χ2n) is 4.56. The van der Waals surface area contributed by atoms with Gasteiger partial charge in [0.25, 0.3) is 0 Å². The van der Waals surface area contributed by atoms with Crippen molar-refractivity contribution in [2.45, 2.75) is 32.3 Å². The van der Waals surface area contributed by atoms with E-state index < -0.39 is 36.4 Å². The summed E-state index contributed by atoms with van der Waals surface area (Å²) < 4.78 is 0. The van der Waals surface area contributed by atoms with E-state index >= 15 is 0 Å². The highest BCUT2D eigenvalue weighted by Crippen LogP contribution is 2.15. The summed E-state index contributed by atoms with van der Waals surface area (Å²) in [6.45, 7) is 4.24. The Morgan fingerprint density at radius 3 is 1.43 bits per heavy atom. The van der Waals surface area contributed by atoms with Gasteiger partial charge in [-0.1, -0.05) is 24.3 Å². The van der Waals surface area contributed by atoms with Gasteiger partial charge in [-0.2, -0.15) is 0 Å². The van der Waals surface area contributed by atoms with Crippen LogP contribution in [0.15, 0.2) is 24.3 Å². The lowest BCUT2D eigenvalue weighted by Gasteiger charge is -2.18. The maximum Gasteiger partial charge on any atom is 0.336 e.